The van der Waals surface area contributed by atoms with E-state index in [0.29, 0.717) is 23.9 Å². The zero-order valence-corrected chi connectivity index (χ0v) is 13.1. The third-order valence-corrected chi connectivity index (χ3v) is 5.66. The van der Waals surface area contributed by atoms with Crippen molar-refractivity contribution in [1.29, 1.82) is 0 Å². The average Bonchev–Trinajstić information content (AvgIpc) is 2.82. The summed E-state index contributed by atoms with van der Waals surface area (Å²) in [6.07, 6.45) is 3.46. The average molecular weight is 312 g/mol. The highest BCUT2D eigenvalue weighted by molar-refractivity contribution is 7.89. The van der Waals surface area contributed by atoms with Gasteiger partial charge in [0.05, 0.1) is 4.90 Å². The molecule has 1 aliphatic carbocycles. The van der Waals surface area contributed by atoms with Crippen LogP contribution >= 0.6 is 12.2 Å². The normalized spacial score (nSPS) is 22.9. The molecule has 0 radical (unpaired) electrons. The zero-order chi connectivity index (χ0) is 14.8. The molecule has 2 rings (SSSR count). The molecule has 1 aromatic carbocycles. The molecular formula is C14H20N2O2S2. The van der Waals surface area contributed by atoms with Crippen molar-refractivity contribution < 1.29 is 8.42 Å². The summed E-state index contributed by atoms with van der Waals surface area (Å²) in [5.74, 6) is 1.02. The molecule has 0 amide bonds. The Balaban J connectivity index is 2.10. The van der Waals surface area contributed by atoms with E-state index in [1.54, 1.807) is 18.2 Å². The lowest BCUT2D eigenvalue weighted by Crippen LogP contribution is -2.30. The minimum absolute atomic E-state index is 0.200. The van der Waals surface area contributed by atoms with Crippen molar-refractivity contribution >= 4 is 27.2 Å². The summed E-state index contributed by atoms with van der Waals surface area (Å²) in [6, 6.07) is 6.44. The fraction of sp³-hybridized carbons (Fsp3) is 0.500. The van der Waals surface area contributed by atoms with E-state index in [1.807, 2.05) is 0 Å². The Bertz CT molecular complexity index is 599. The first-order valence-electron chi connectivity index (χ1n) is 6.79. The molecule has 2 unspecified atom stereocenters. The Labute approximate surface area is 125 Å². The van der Waals surface area contributed by atoms with E-state index in [2.05, 4.69) is 11.6 Å². The van der Waals surface area contributed by atoms with Gasteiger partial charge in [-0.1, -0.05) is 44.1 Å². The molecule has 0 aromatic heterocycles. The van der Waals surface area contributed by atoms with Gasteiger partial charge in [0, 0.05) is 12.1 Å². The van der Waals surface area contributed by atoms with Gasteiger partial charge in [0.25, 0.3) is 0 Å². The van der Waals surface area contributed by atoms with Crippen LogP contribution in [0.15, 0.2) is 29.2 Å². The molecular weight excluding hydrogens is 292 g/mol. The van der Waals surface area contributed by atoms with Gasteiger partial charge in [0.2, 0.25) is 10.0 Å². The first kappa shape index (κ1) is 15.4. The molecule has 0 aliphatic heterocycles. The molecule has 4 nitrogen and oxygen atoms in total. The lowest BCUT2D eigenvalue weighted by Gasteiger charge is -2.16. The second kappa shape index (κ2) is 6.20. The Kier molecular flexibility index (Phi) is 4.78. The third-order valence-electron chi connectivity index (χ3n) is 4.00. The van der Waals surface area contributed by atoms with Crippen LogP contribution in [0.5, 0.6) is 0 Å². The van der Waals surface area contributed by atoms with E-state index in [1.165, 1.54) is 18.9 Å². The number of rotatable bonds is 5. The molecule has 2 atom stereocenters. The number of nitrogens with one attached hydrogen (secondary N) is 1. The minimum Gasteiger partial charge on any atom is -0.389 e. The van der Waals surface area contributed by atoms with Crippen molar-refractivity contribution in [3.05, 3.63) is 29.8 Å². The number of hydrogen-bond acceptors (Lipinski definition) is 3. The third kappa shape index (κ3) is 3.56. The van der Waals surface area contributed by atoms with Gasteiger partial charge in [-0.3, -0.25) is 0 Å². The smallest absolute Gasteiger partial charge is 0.240 e. The van der Waals surface area contributed by atoms with Gasteiger partial charge >= 0.3 is 0 Å². The van der Waals surface area contributed by atoms with Crippen LogP contribution in [0.1, 0.15) is 31.7 Å². The highest BCUT2D eigenvalue weighted by atomic mass is 32.2. The first-order valence-corrected chi connectivity index (χ1v) is 8.69. The summed E-state index contributed by atoms with van der Waals surface area (Å²) < 4.78 is 27.3. The van der Waals surface area contributed by atoms with Crippen LogP contribution < -0.4 is 10.5 Å². The van der Waals surface area contributed by atoms with Crippen molar-refractivity contribution in [3.8, 4) is 0 Å². The predicted octanol–water partition coefficient (Wildman–Crippen LogP) is 2.04. The second-order valence-electron chi connectivity index (χ2n) is 5.41. The van der Waals surface area contributed by atoms with Crippen molar-refractivity contribution in [2.45, 2.75) is 31.1 Å². The predicted molar refractivity (Wildman–Crippen MR) is 84.0 cm³/mol. The molecule has 0 bridgehead atoms. The maximum absolute atomic E-state index is 12.3. The van der Waals surface area contributed by atoms with Gasteiger partial charge in [-0.2, -0.15) is 0 Å². The van der Waals surface area contributed by atoms with E-state index in [-0.39, 0.29) is 9.88 Å². The summed E-state index contributed by atoms with van der Waals surface area (Å²) in [7, 11) is -3.49. The van der Waals surface area contributed by atoms with Gasteiger partial charge < -0.3 is 5.73 Å². The molecule has 1 saturated carbocycles. The van der Waals surface area contributed by atoms with Gasteiger partial charge in [-0.05, 0) is 30.4 Å². The first-order chi connectivity index (χ1) is 9.40. The summed E-state index contributed by atoms with van der Waals surface area (Å²) >= 11 is 4.87. The number of sulfonamides is 1. The van der Waals surface area contributed by atoms with E-state index in [4.69, 9.17) is 18.0 Å². The monoisotopic (exact) mass is 312 g/mol. The lowest BCUT2D eigenvalue weighted by molar-refractivity contribution is 0.414. The Hall–Kier alpha value is -0.980. The van der Waals surface area contributed by atoms with Crippen molar-refractivity contribution in [3.63, 3.8) is 0 Å². The van der Waals surface area contributed by atoms with Crippen LogP contribution in [0.3, 0.4) is 0 Å². The SMILES string of the molecule is CC1CCCC1CNS(=O)(=O)c1cccc(C(N)=S)c1. The summed E-state index contributed by atoms with van der Waals surface area (Å²) in [5.41, 5.74) is 6.10. The molecule has 0 spiro atoms. The highest BCUT2D eigenvalue weighted by Crippen LogP contribution is 2.30. The molecule has 110 valence electrons. The molecule has 1 aromatic rings. The molecule has 0 saturated heterocycles. The molecule has 1 aliphatic rings. The summed E-state index contributed by atoms with van der Waals surface area (Å²) in [6.45, 7) is 2.68. The summed E-state index contributed by atoms with van der Waals surface area (Å²) in [4.78, 5) is 0.417. The maximum Gasteiger partial charge on any atom is 0.240 e. The highest BCUT2D eigenvalue weighted by Gasteiger charge is 2.25. The van der Waals surface area contributed by atoms with Crippen molar-refractivity contribution in [2.24, 2.45) is 17.6 Å². The standard InChI is InChI=1S/C14H20N2O2S2/c1-10-4-2-6-12(10)9-16-20(17,18)13-7-3-5-11(8-13)14(15)19/h3,5,7-8,10,12,16H,2,4,6,9H2,1H3,(H2,15,19). The van der Waals surface area contributed by atoms with Gasteiger partial charge in [0.1, 0.15) is 4.99 Å². The van der Waals surface area contributed by atoms with E-state index < -0.39 is 10.0 Å². The lowest BCUT2D eigenvalue weighted by atomic mass is 9.99. The van der Waals surface area contributed by atoms with Crippen LogP contribution in [-0.4, -0.2) is 20.0 Å². The molecule has 3 N–H and O–H groups in total. The van der Waals surface area contributed by atoms with Crippen LogP contribution in [0.25, 0.3) is 0 Å². The van der Waals surface area contributed by atoms with Crippen molar-refractivity contribution in [1.82, 2.24) is 4.72 Å². The Morgan fingerprint density at radius 2 is 2.20 bits per heavy atom. The maximum atomic E-state index is 12.3. The van der Waals surface area contributed by atoms with Gasteiger partial charge in [-0.25, -0.2) is 13.1 Å². The molecule has 1 fully saturated rings. The Morgan fingerprint density at radius 3 is 2.80 bits per heavy atom. The van der Waals surface area contributed by atoms with E-state index >= 15 is 0 Å². The van der Waals surface area contributed by atoms with Crippen LogP contribution in [0, 0.1) is 11.8 Å². The number of nitrogens with two attached hydrogens (primary N) is 1. The zero-order valence-electron chi connectivity index (χ0n) is 11.5. The Morgan fingerprint density at radius 1 is 1.45 bits per heavy atom. The molecule has 0 heterocycles. The number of benzene rings is 1. The van der Waals surface area contributed by atoms with E-state index in [0.717, 1.165) is 6.42 Å². The largest absolute Gasteiger partial charge is 0.389 e. The molecule has 6 heteroatoms. The van der Waals surface area contributed by atoms with Crippen molar-refractivity contribution in [2.75, 3.05) is 6.54 Å². The van der Waals surface area contributed by atoms with Crippen LogP contribution in [0.4, 0.5) is 0 Å². The second-order valence-corrected chi connectivity index (χ2v) is 7.62. The minimum atomic E-state index is -3.49. The van der Waals surface area contributed by atoms with Crippen LogP contribution in [-0.2, 0) is 10.0 Å². The van der Waals surface area contributed by atoms with E-state index in [9.17, 15) is 8.42 Å². The van der Waals surface area contributed by atoms with Gasteiger partial charge in [-0.15, -0.1) is 0 Å². The van der Waals surface area contributed by atoms with Gasteiger partial charge in [0.15, 0.2) is 0 Å². The van der Waals surface area contributed by atoms with Crippen LogP contribution in [0.2, 0.25) is 0 Å². The topological polar surface area (TPSA) is 72.2 Å². The summed E-state index contributed by atoms with van der Waals surface area (Å²) in [5, 5.41) is 0. The number of hydrogen-bond donors (Lipinski definition) is 2. The quantitative estimate of drug-likeness (QED) is 0.816. The fourth-order valence-electron chi connectivity index (χ4n) is 2.64. The molecule has 20 heavy (non-hydrogen) atoms. The fourth-order valence-corrected chi connectivity index (χ4v) is 3.91. The number of thiocarbonyl (C=S) groups is 1.